The molecule has 6 rings (SSSR count). The molecular formula is C28H18N4. The maximum atomic E-state index is 10.7. The van der Waals surface area contributed by atoms with Crippen molar-refractivity contribution in [2.75, 3.05) is 0 Å². The van der Waals surface area contributed by atoms with Crippen molar-refractivity contribution in [3.8, 4) is 24.3 Å². The number of hydrogen-bond donors (Lipinski definition) is 0. The van der Waals surface area contributed by atoms with E-state index >= 15 is 0 Å². The van der Waals surface area contributed by atoms with Crippen LogP contribution in [-0.2, 0) is 10.8 Å². The first-order chi connectivity index (χ1) is 15.6. The number of rotatable bonds is 2. The van der Waals surface area contributed by atoms with Crippen LogP contribution >= 0.6 is 0 Å². The fraction of sp³-hybridized carbons (Fsp3) is 0.214. The quantitative estimate of drug-likeness (QED) is 0.585. The van der Waals surface area contributed by atoms with Gasteiger partial charge in [-0.15, -0.1) is 0 Å². The summed E-state index contributed by atoms with van der Waals surface area (Å²) in [7, 11) is 0. The molecular weight excluding hydrogens is 392 g/mol. The molecule has 1 fully saturated rings. The molecule has 2 atom stereocenters. The maximum absolute atomic E-state index is 10.7. The van der Waals surface area contributed by atoms with E-state index in [1.54, 1.807) is 0 Å². The number of hydrogen-bond acceptors (Lipinski definition) is 4. The van der Waals surface area contributed by atoms with Crippen LogP contribution in [0.2, 0.25) is 0 Å². The van der Waals surface area contributed by atoms with Crippen LogP contribution in [0.15, 0.2) is 84.9 Å². The average molecular weight is 410 g/mol. The molecule has 0 heterocycles. The lowest BCUT2D eigenvalue weighted by Crippen LogP contribution is -2.70. The molecule has 0 aromatic heterocycles. The summed E-state index contributed by atoms with van der Waals surface area (Å²) >= 11 is 0. The van der Waals surface area contributed by atoms with Crippen molar-refractivity contribution in [3.63, 3.8) is 0 Å². The van der Waals surface area contributed by atoms with Gasteiger partial charge in [-0.05, 0) is 35.1 Å². The van der Waals surface area contributed by atoms with Gasteiger partial charge < -0.3 is 0 Å². The molecule has 4 heteroatoms. The van der Waals surface area contributed by atoms with Crippen molar-refractivity contribution in [1.82, 2.24) is 0 Å². The Morgan fingerprint density at radius 2 is 0.781 bits per heavy atom. The second-order valence-corrected chi connectivity index (χ2v) is 8.54. The zero-order chi connectivity index (χ0) is 22.5. The Bertz CT molecular complexity index is 1250. The van der Waals surface area contributed by atoms with E-state index in [1.165, 1.54) is 0 Å². The predicted molar refractivity (Wildman–Crippen MR) is 117 cm³/mol. The minimum absolute atomic E-state index is 0.481. The van der Waals surface area contributed by atoms with Crippen LogP contribution in [0.3, 0.4) is 0 Å². The highest BCUT2D eigenvalue weighted by molar-refractivity contribution is 5.69. The third-order valence-electron chi connectivity index (χ3n) is 7.77. The van der Waals surface area contributed by atoms with E-state index in [4.69, 9.17) is 0 Å². The lowest BCUT2D eigenvalue weighted by atomic mass is 9.30. The third kappa shape index (κ3) is 1.81. The molecule has 0 N–H and O–H groups in total. The van der Waals surface area contributed by atoms with Gasteiger partial charge in [0.2, 0.25) is 0 Å². The van der Waals surface area contributed by atoms with Gasteiger partial charge in [-0.3, -0.25) is 0 Å². The number of nitrogens with zero attached hydrogens (tertiary/aromatic N) is 4. The van der Waals surface area contributed by atoms with Crippen LogP contribution in [0.4, 0.5) is 0 Å². The SMILES string of the molecule is N#CC1(C#N)C2(c3ccccc3)CCC(c3ccccc3)(c3ccccc32)C1(C#N)C#N. The van der Waals surface area contributed by atoms with Crippen LogP contribution in [-0.4, -0.2) is 0 Å². The number of fused-ring (bicyclic) bond motifs is 2. The molecule has 3 aromatic rings. The van der Waals surface area contributed by atoms with Crippen molar-refractivity contribution >= 4 is 0 Å². The molecule has 3 aliphatic rings. The Balaban J connectivity index is 2.07. The fourth-order valence-corrected chi connectivity index (χ4v) is 6.54. The van der Waals surface area contributed by atoms with Gasteiger partial charge in [-0.1, -0.05) is 84.9 Å². The van der Waals surface area contributed by atoms with Gasteiger partial charge in [0.05, 0.1) is 35.1 Å². The van der Waals surface area contributed by atoms with E-state index in [-0.39, 0.29) is 0 Å². The van der Waals surface area contributed by atoms with Gasteiger partial charge in [0.15, 0.2) is 10.8 Å². The summed E-state index contributed by atoms with van der Waals surface area (Å²) in [6.07, 6.45) is 0.963. The maximum Gasteiger partial charge on any atom is 0.190 e. The molecule has 3 aliphatic carbocycles. The molecule has 0 spiro atoms. The first-order valence-corrected chi connectivity index (χ1v) is 10.5. The molecule has 2 unspecified atom stereocenters. The van der Waals surface area contributed by atoms with Crippen LogP contribution < -0.4 is 0 Å². The smallest absolute Gasteiger partial charge is 0.190 e. The summed E-state index contributed by atoms with van der Waals surface area (Å²) in [6.45, 7) is 0. The van der Waals surface area contributed by atoms with Gasteiger partial charge in [-0.25, -0.2) is 0 Å². The van der Waals surface area contributed by atoms with Crippen LogP contribution in [0, 0.1) is 56.2 Å². The zero-order valence-corrected chi connectivity index (χ0v) is 17.3. The Labute approximate surface area is 187 Å². The topological polar surface area (TPSA) is 95.2 Å². The standard InChI is InChI=1S/C28H18N4/c29-17-25(18-30)26(19-31,20-32)28(22-11-5-2-6-12-22)16-15-27(25,21-9-3-1-4-10-21)23-13-7-8-14-24(23)28/h1-14H,15-16H2. The van der Waals surface area contributed by atoms with E-state index < -0.39 is 21.7 Å². The van der Waals surface area contributed by atoms with Gasteiger partial charge in [-0.2, -0.15) is 21.0 Å². The summed E-state index contributed by atoms with van der Waals surface area (Å²) in [4.78, 5) is 0. The zero-order valence-electron chi connectivity index (χ0n) is 17.3. The molecule has 0 amide bonds. The van der Waals surface area contributed by atoms with Crippen LogP contribution in [0.5, 0.6) is 0 Å². The molecule has 0 saturated heterocycles. The largest absolute Gasteiger partial charge is 0.196 e. The minimum atomic E-state index is -1.91. The average Bonchev–Trinajstić information content (AvgIpc) is 2.89. The van der Waals surface area contributed by atoms with Gasteiger partial charge >= 0.3 is 0 Å². The Morgan fingerprint density at radius 1 is 0.469 bits per heavy atom. The fourth-order valence-electron chi connectivity index (χ4n) is 6.54. The Hall–Kier alpha value is -4.38. The molecule has 2 bridgehead atoms. The summed E-state index contributed by atoms with van der Waals surface area (Å²) in [6, 6.07) is 35.7. The monoisotopic (exact) mass is 410 g/mol. The van der Waals surface area contributed by atoms with Crippen molar-refractivity contribution in [1.29, 1.82) is 21.0 Å². The number of benzene rings is 3. The second-order valence-electron chi connectivity index (χ2n) is 8.54. The van der Waals surface area contributed by atoms with E-state index in [9.17, 15) is 21.0 Å². The van der Waals surface area contributed by atoms with E-state index in [2.05, 4.69) is 24.3 Å². The molecule has 4 nitrogen and oxygen atoms in total. The van der Waals surface area contributed by atoms with E-state index in [0.29, 0.717) is 12.8 Å². The van der Waals surface area contributed by atoms with Gasteiger partial charge in [0.1, 0.15) is 0 Å². The third-order valence-corrected chi connectivity index (χ3v) is 7.77. The molecule has 150 valence electrons. The van der Waals surface area contributed by atoms with E-state index in [1.807, 2.05) is 84.9 Å². The highest BCUT2D eigenvalue weighted by Crippen LogP contribution is 2.75. The molecule has 0 aliphatic heterocycles. The minimum Gasteiger partial charge on any atom is -0.196 e. The molecule has 32 heavy (non-hydrogen) atoms. The Morgan fingerprint density at radius 3 is 1.09 bits per heavy atom. The van der Waals surface area contributed by atoms with E-state index in [0.717, 1.165) is 22.3 Å². The van der Waals surface area contributed by atoms with Crippen LogP contribution in [0.25, 0.3) is 0 Å². The van der Waals surface area contributed by atoms with Gasteiger partial charge in [0, 0.05) is 0 Å². The van der Waals surface area contributed by atoms with Crippen molar-refractivity contribution in [3.05, 3.63) is 107 Å². The molecule has 0 radical (unpaired) electrons. The lowest BCUT2D eigenvalue weighted by molar-refractivity contribution is 0.0205. The first-order valence-electron chi connectivity index (χ1n) is 10.5. The molecule has 1 saturated carbocycles. The number of nitriles is 4. The summed E-state index contributed by atoms with van der Waals surface area (Å²) < 4.78 is 0. The predicted octanol–water partition coefficient (Wildman–Crippen LogP) is 5.13. The molecule has 3 aromatic carbocycles. The first kappa shape index (κ1) is 19.6. The van der Waals surface area contributed by atoms with Gasteiger partial charge in [0.25, 0.3) is 0 Å². The van der Waals surface area contributed by atoms with Crippen molar-refractivity contribution < 1.29 is 0 Å². The summed E-state index contributed by atoms with van der Waals surface area (Å²) in [5, 5.41) is 42.8. The second kappa shape index (κ2) is 6.56. The lowest BCUT2D eigenvalue weighted by Gasteiger charge is -2.65. The van der Waals surface area contributed by atoms with Crippen LogP contribution in [0.1, 0.15) is 35.1 Å². The van der Waals surface area contributed by atoms with Crippen molar-refractivity contribution in [2.24, 2.45) is 10.8 Å². The summed E-state index contributed by atoms with van der Waals surface area (Å²) in [5.74, 6) is 0. The Kier molecular flexibility index (Phi) is 4.01. The summed E-state index contributed by atoms with van der Waals surface area (Å²) in [5.41, 5.74) is -2.75. The highest BCUT2D eigenvalue weighted by Gasteiger charge is 2.81. The van der Waals surface area contributed by atoms with Crippen molar-refractivity contribution in [2.45, 2.75) is 23.7 Å². The normalized spacial score (nSPS) is 25.9. The highest BCUT2D eigenvalue weighted by atomic mass is 14.8.